The van der Waals surface area contributed by atoms with Gasteiger partial charge in [-0.2, -0.15) is 0 Å². The Morgan fingerprint density at radius 3 is 2.25 bits per heavy atom. The van der Waals surface area contributed by atoms with Gasteiger partial charge in [0.25, 0.3) is 0 Å². The van der Waals surface area contributed by atoms with Crippen LogP contribution >= 0.6 is 0 Å². The molecule has 3 unspecified atom stereocenters. The van der Waals surface area contributed by atoms with Crippen molar-refractivity contribution < 1.29 is 23.5 Å². The number of carbonyl (C=O) groups excluding carboxylic acids is 1. The molecule has 2 fully saturated rings. The molecule has 0 radical (unpaired) electrons. The molecule has 0 aliphatic heterocycles. The Balaban J connectivity index is 1.39. The summed E-state index contributed by atoms with van der Waals surface area (Å²) in [6, 6.07) is 18.0. The fraction of sp³-hybridized carbons (Fsp3) is 0.615. The van der Waals surface area contributed by atoms with Crippen LogP contribution in [0.5, 0.6) is 5.75 Å². The monoisotopic (exact) mass is 604 g/mol. The highest BCUT2D eigenvalue weighted by Crippen LogP contribution is 2.40. The summed E-state index contributed by atoms with van der Waals surface area (Å²) < 4.78 is 19.1. The predicted octanol–water partition coefficient (Wildman–Crippen LogP) is 8.76. The number of para-hydroxylation sites is 1. The van der Waals surface area contributed by atoms with E-state index in [1.807, 2.05) is 7.11 Å². The second-order valence-electron chi connectivity index (χ2n) is 14.3. The maximum atomic E-state index is 11.9. The number of likely N-dealkylation sites (N-methyl/N-ethyl adjacent to an activating group) is 1. The zero-order chi connectivity index (χ0) is 31.5. The molecule has 3 atom stereocenters. The van der Waals surface area contributed by atoms with E-state index >= 15 is 0 Å². The van der Waals surface area contributed by atoms with Crippen molar-refractivity contribution in [3.05, 3.63) is 77.4 Å². The molecule has 0 bridgehead atoms. The number of carbonyl (C=O) groups is 1. The minimum atomic E-state index is -0.307. The molecular formula is C39H58NO4+. The van der Waals surface area contributed by atoms with E-state index in [9.17, 15) is 4.79 Å². The predicted molar refractivity (Wildman–Crippen MR) is 180 cm³/mol. The van der Waals surface area contributed by atoms with E-state index in [2.05, 4.69) is 76.1 Å². The highest BCUT2D eigenvalue weighted by Gasteiger charge is 2.31. The minimum absolute atomic E-state index is 0.194. The fourth-order valence-corrected chi connectivity index (χ4v) is 7.60. The lowest BCUT2D eigenvalue weighted by Crippen LogP contribution is -2.47. The maximum Gasteiger partial charge on any atom is 0.333 e. The van der Waals surface area contributed by atoms with Gasteiger partial charge >= 0.3 is 5.97 Å². The Labute approximate surface area is 267 Å². The number of nitrogens with zero attached hydrogens (tertiary/aromatic N) is 1. The zero-order valence-corrected chi connectivity index (χ0v) is 28.2. The van der Waals surface area contributed by atoms with Gasteiger partial charge in [0, 0.05) is 18.6 Å². The van der Waals surface area contributed by atoms with Crippen LogP contribution in [0.15, 0.2) is 60.7 Å². The first kappa shape index (κ1) is 34.2. The van der Waals surface area contributed by atoms with E-state index in [0.717, 1.165) is 55.4 Å². The Morgan fingerprint density at radius 2 is 1.55 bits per heavy atom. The lowest BCUT2D eigenvalue weighted by molar-refractivity contribution is -0.894. The molecule has 2 aliphatic rings. The summed E-state index contributed by atoms with van der Waals surface area (Å²) in [6.07, 6.45) is 13.3. The van der Waals surface area contributed by atoms with Crippen LogP contribution in [-0.2, 0) is 14.3 Å². The van der Waals surface area contributed by atoms with Crippen LogP contribution in [0.2, 0.25) is 0 Å². The molecule has 5 nitrogen and oxygen atoms in total. The zero-order valence-electron chi connectivity index (χ0n) is 28.2. The van der Waals surface area contributed by atoms with Crippen LogP contribution < -0.4 is 4.74 Å². The lowest BCUT2D eigenvalue weighted by Gasteiger charge is -2.37. The maximum absolute atomic E-state index is 11.9. The second-order valence-corrected chi connectivity index (χ2v) is 14.3. The van der Waals surface area contributed by atoms with E-state index in [1.165, 1.54) is 55.2 Å². The van der Waals surface area contributed by atoms with Crippen molar-refractivity contribution in [3.63, 3.8) is 0 Å². The van der Waals surface area contributed by atoms with Gasteiger partial charge < -0.3 is 18.7 Å². The van der Waals surface area contributed by atoms with Crippen LogP contribution in [0.25, 0.3) is 0 Å². The molecule has 0 N–H and O–H groups in total. The molecule has 0 amide bonds. The molecule has 5 heteroatoms. The average Bonchev–Trinajstić information content (AvgIpc) is 2.95. The number of aryl methyl sites for hydroxylation is 1. The number of rotatable bonds is 11. The smallest absolute Gasteiger partial charge is 0.333 e. The topological polar surface area (TPSA) is 44.8 Å². The minimum Gasteiger partial charge on any atom is -0.490 e. The van der Waals surface area contributed by atoms with Crippen molar-refractivity contribution in [3.8, 4) is 5.75 Å². The fourth-order valence-electron chi connectivity index (χ4n) is 7.60. The van der Waals surface area contributed by atoms with Crippen molar-refractivity contribution >= 4 is 5.97 Å². The molecule has 2 aromatic carbocycles. The third-order valence-corrected chi connectivity index (χ3v) is 9.99. The van der Waals surface area contributed by atoms with Crippen molar-refractivity contribution in [1.82, 2.24) is 0 Å². The van der Waals surface area contributed by atoms with Crippen LogP contribution in [-0.4, -0.2) is 63.6 Å². The first-order chi connectivity index (χ1) is 21.1. The number of quaternary nitrogens is 1. The number of hydrogen-bond donors (Lipinski definition) is 0. The van der Waals surface area contributed by atoms with Gasteiger partial charge in [-0.05, 0) is 101 Å². The second kappa shape index (κ2) is 16.6. The van der Waals surface area contributed by atoms with E-state index in [1.54, 1.807) is 6.92 Å². The Hall–Kier alpha value is -2.63. The summed E-state index contributed by atoms with van der Waals surface area (Å²) >= 11 is 0. The quantitative estimate of drug-likeness (QED) is 0.146. The van der Waals surface area contributed by atoms with Gasteiger partial charge in [0.1, 0.15) is 18.9 Å². The van der Waals surface area contributed by atoms with E-state index < -0.39 is 0 Å². The Kier molecular flexibility index (Phi) is 12.9. The van der Waals surface area contributed by atoms with Gasteiger partial charge in [-0.1, -0.05) is 67.4 Å². The molecule has 44 heavy (non-hydrogen) atoms. The van der Waals surface area contributed by atoms with Gasteiger partial charge in [-0.25, -0.2) is 4.79 Å². The molecule has 0 spiro atoms. The standard InChI is InChI=1S/C39H58NO4/c1-29(2)39(41)43-24-23-40(4,5)28-31-26-35(42-6)19-12-20-36(27-31)44-38-22-8-7-21-37(38)33-16-10-14-32(15-11-17-33)34-18-9-13-30(3)25-34/h7-9,13,18,21-22,25,31-33,35-36H,1,10-12,14-17,19-20,23-24,26-28H2,2-6H3/q+1. The SMILES string of the molecule is C=C(C)C(=O)OCC[N+](C)(C)CC1CC(OC)CCCC(Oc2ccccc2C2CCCC(c3cccc(C)c3)CCC2)C1. The molecule has 2 aliphatic carbocycles. The average molecular weight is 605 g/mol. The van der Waals surface area contributed by atoms with Gasteiger partial charge in [-0.15, -0.1) is 0 Å². The van der Waals surface area contributed by atoms with E-state index in [-0.39, 0.29) is 18.2 Å². The number of benzene rings is 2. The van der Waals surface area contributed by atoms with E-state index in [4.69, 9.17) is 14.2 Å². The largest absolute Gasteiger partial charge is 0.490 e. The third kappa shape index (κ3) is 10.5. The van der Waals surface area contributed by atoms with E-state index in [0.29, 0.717) is 29.9 Å². The van der Waals surface area contributed by atoms with Crippen molar-refractivity contribution in [2.24, 2.45) is 5.92 Å². The summed E-state index contributed by atoms with van der Waals surface area (Å²) in [6.45, 7) is 9.77. The summed E-state index contributed by atoms with van der Waals surface area (Å²) in [5.41, 5.74) is 4.75. The third-order valence-electron chi connectivity index (χ3n) is 9.99. The number of methoxy groups -OCH3 is 1. The number of esters is 1. The summed E-state index contributed by atoms with van der Waals surface area (Å²) in [4.78, 5) is 11.9. The summed E-state index contributed by atoms with van der Waals surface area (Å²) in [5.74, 6) is 2.50. The highest BCUT2D eigenvalue weighted by atomic mass is 16.5. The molecule has 4 rings (SSSR count). The van der Waals surface area contributed by atoms with Gasteiger partial charge in [-0.3, -0.25) is 0 Å². The number of hydrogen-bond acceptors (Lipinski definition) is 4. The molecule has 2 saturated carbocycles. The normalized spacial score (nSPS) is 25.2. The highest BCUT2D eigenvalue weighted by molar-refractivity contribution is 5.86. The van der Waals surface area contributed by atoms with Gasteiger partial charge in [0.05, 0.1) is 32.8 Å². The molecule has 242 valence electrons. The Morgan fingerprint density at radius 1 is 0.886 bits per heavy atom. The van der Waals surface area contributed by atoms with Gasteiger partial charge in [0.15, 0.2) is 0 Å². The molecular weight excluding hydrogens is 546 g/mol. The Bertz CT molecular complexity index is 1200. The summed E-state index contributed by atoms with van der Waals surface area (Å²) in [5, 5.41) is 0. The van der Waals surface area contributed by atoms with Crippen molar-refractivity contribution in [2.75, 3.05) is 40.9 Å². The first-order valence-electron chi connectivity index (χ1n) is 17.1. The van der Waals surface area contributed by atoms with Crippen molar-refractivity contribution in [1.29, 1.82) is 0 Å². The first-order valence-corrected chi connectivity index (χ1v) is 17.1. The molecule has 0 aromatic heterocycles. The lowest BCUT2D eigenvalue weighted by atomic mass is 9.80. The summed E-state index contributed by atoms with van der Waals surface area (Å²) in [7, 11) is 6.32. The van der Waals surface area contributed by atoms with Crippen molar-refractivity contribution in [2.45, 2.75) is 109 Å². The van der Waals surface area contributed by atoms with Crippen LogP contribution in [0.3, 0.4) is 0 Å². The van der Waals surface area contributed by atoms with Crippen LogP contribution in [0.1, 0.15) is 106 Å². The molecule has 0 heterocycles. The van der Waals surface area contributed by atoms with Crippen LogP contribution in [0, 0.1) is 12.8 Å². The molecule has 2 aromatic rings. The van der Waals surface area contributed by atoms with Gasteiger partial charge in [0.2, 0.25) is 0 Å². The van der Waals surface area contributed by atoms with Crippen LogP contribution in [0.4, 0.5) is 0 Å². The molecule has 0 saturated heterocycles. The number of ether oxygens (including phenoxy) is 3.